The Bertz CT molecular complexity index is 1100. The van der Waals surface area contributed by atoms with E-state index in [4.69, 9.17) is 4.74 Å². The third-order valence-corrected chi connectivity index (χ3v) is 5.68. The van der Waals surface area contributed by atoms with Gasteiger partial charge >= 0.3 is 5.97 Å². The topological polar surface area (TPSA) is 92.8 Å². The molecule has 1 N–H and O–H groups in total. The van der Waals surface area contributed by atoms with Gasteiger partial charge in [0.1, 0.15) is 17.2 Å². The predicted molar refractivity (Wildman–Crippen MR) is 96.6 cm³/mol. The summed E-state index contributed by atoms with van der Waals surface area (Å²) in [6.45, 7) is 2.72. The minimum atomic E-state index is -0.519. The van der Waals surface area contributed by atoms with Crippen LogP contribution in [0.4, 0.5) is 10.2 Å². The lowest BCUT2D eigenvalue weighted by molar-refractivity contribution is 0.0528. The lowest BCUT2D eigenvalue weighted by Crippen LogP contribution is -2.34. The number of rotatable bonds is 4. The maximum absolute atomic E-state index is 13.8. The van der Waals surface area contributed by atoms with Crippen molar-refractivity contribution in [1.29, 1.82) is 0 Å². The molecular weight excluding hydrogens is 365 g/mol. The van der Waals surface area contributed by atoms with Crippen molar-refractivity contribution < 1.29 is 19.0 Å². The molecule has 9 heteroatoms. The van der Waals surface area contributed by atoms with Crippen molar-refractivity contribution in [3.8, 4) is 5.88 Å². The van der Waals surface area contributed by atoms with E-state index in [2.05, 4.69) is 20.0 Å². The van der Waals surface area contributed by atoms with Gasteiger partial charge in [0, 0.05) is 18.3 Å². The Balaban J connectivity index is 1.59. The molecule has 1 aliphatic carbocycles. The number of aromatic hydroxyl groups is 1. The molecule has 28 heavy (non-hydrogen) atoms. The van der Waals surface area contributed by atoms with Crippen LogP contribution < -0.4 is 4.90 Å². The number of pyridine rings is 1. The number of ether oxygens (including phenoxy) is 1. The third-order valence-electron chi connectivity index (χ3n) is 5.68. The number of halogens is 1. The average Bonchev–Trinajstić information content (AvgIpc) is 3.07. The molecule has 0 spiro atoms. The summed E-state index contributed by atoms with van der Waals surface area (Å²) in [7, 11) is 0. The Kier molecular flexibility index (Phi) is 3.55. The van der Waals surface area contributed by atoms with Crippen molar-refractivity contribution >= 4 is 17.4 Å². The van der Waals surface area contributed by atoms with Crippen LogP contribution in [-0.2, 0) is 10.3 Å². The molecule has 0 amide bonds. The average molecular weight is 383 g/mol. The third kappa shape index (κ3) is 2.28. The first-order valence-electron chi connectivity index (χ1n) is 9.18. The van der Waals surface area contributed by atoms with Crippen molar-refractivity contribution in [1.82, 2.24) is 19.6 Å². The Morgan fingerprint density at radius 3 is 3.11 bits per heavy atom. The monoisotopic (exact) mass is 383 g/mol. The Labute approximate surface area is 159 Å². The van der Waals surface area contributed by atoms with E-state index in [0.717, 1.165) is 19.0 Å². The van der Waals surface area contributed by atoms with Gasteiger partial charge < -0.3 is 14.7 Å². The van der Waals surface area contributed by atoms with E-state index in [1.165, 1.54) is 16.8 Å². The van der Waals surface area contributed by atoms with Crippen molar-refractivity contribution in [2.75, 3.05) is 18.1 Å². The highest BCUT2D eigenvalue weighted by Gasteiger charge is 2.64. The number of piperidine rings is 1. The molecule has 144 valence electrons. The molecule has 1 saturated heterocycles. The van der Waals surface area contributed by atoms with Gasteiger partial charge in [-0.15, -0.1) is 0 Å². The van der Waals surface area contributed by atoms with E-state index < -0.39 is 17.3 Å². The highest BCUT2D eigenvalue weighted by molar-refractivity contribution is 5.95. The molecule has 2 atom stereocenters. The van der Waals surface area contributed by atoms with E-state index >= 15 is 0 Å². The molecule has 2 aliphatic rings. The number of carbonyl (C=O) groups excluding carboxylic acids is 1. The molecule has 8 nitrogen and oxygen atoms in total. The van der Waals surface area contributed by atoms with Crippen LogP contribution in [0.5, 0.6) is 5.88 Å². The molecule has 0 radical (unpaired) electrons. The number of anilines is 1. The lowest BCUT2D eigenvalue weighted by atomic mass is 10.0. The van der Waals surface area contributed by atoms with Crippen LogP contribution in [0, 0.1) is 11.7 Å². The molecule has 4 heterocycles. The summed E-state index contributed by atoms with van der Waals surface area (Å²) in [5, 5.41) is 14.4. The summed E-state index contributed by atoms with van der Waals surface area (Å²) in [6.07, 6.45) is 5.88. The van der Waals surface area contributed by atoms with Crippen molar-refractivity contribution in [2.24, 2.45) is 5.92 Å². The zero-order valence-electron chi connectivity index (χ0n) is 15.2. The van der Waals surface area contributed by atoms with E-state index in [1.54, 1.807) is 19.2 Å². The Morgan fingerprint density at radius 2 is 2.32 bits per heavy atom. The van der Waals surface area contributed by atoms with Crippen LogP contribution in [0.25, 0.3) is 5.65 Å². The normalized spacial score (nSPS) is 23.1. The second-order valence-electron chi connectivity index (χ2n) is 7.12. The first-order chi connectivity index (χ1) is 13.5. The first-order valence-corrected chi connectivity index (χ1v) is 9.18. The molecule has 2 unspecified atom stereocenters. The van der Waals surface area contributed by atoms with Gasteiger partial charge in [0.15, 0.2) is 5.65 Å². The van der Waals surface area contributed by atoms with Gasteiger partial charge in [-0.2, -0.15) is 5.10 Å². The van der Waals surface area contributed by atoms with Crippen LogP contribution in [0.15, 0.2) is 30.7 Å². The number of nitrogens with zero attached hydrogens (tertiary/aromatic N) is 5. The summed E-state index contributed by atoms with van der Waals surface area (Å²) in [5.74, 6) is -0.178. The summed E-state index contributed by atoms with van der Waals surface area (Å²) in [6, 6.07) is 3.16. The van der Waals surface area contributed by atoms with Crippen LogP contribution in [0.3, 0.4) is 0 Å². The molecule has 1 saturated carbocycles. The molecule has 0 aromatic carbocycles. The van der Waals surface area contributed by atoms with E-state index in [0.29, 0.717) is 35.1 Å². The smallest absolute Gasteiger partial charge is 0.343 e. The molecule has 3 aromatic rings. The van der Waals surface area contributed by atoms with Gasteiger partial charge in [0.05, 0.1) is 24.5 Å². The highest BCUT2D eigenvalue weighted by atomic mass is 19.1. The standard InChI is InChI=1S/C19H18FN5O3/c1-2-28-18(27)13-10-22-25-6-4-15(23-16(13)25)24-5-3-11-8-19(11,24)14-7-12(20)9-21-17(14)26/h4,6-7,9-11H,2-3,5,8H2,1H3,(H,21,26). The second-order valence-corrected chi connectivity index (χ2v) is 7.12. The molecule has 2 fully saturated rings. The van der Waals surface area contributed by atoms with Crippen LogP contribution in [-0.4, -0.2) is 43.8 Å². The van der Waals surface area contributed by atoms with E-state index in [9.17, 15) is 14.3 Å². The summed E-state index contributed by atoms with van der Waals surface area (Å²) in [5.41, 5.74) is 0.654. The van der Waals surface area contributed by atoms with Crippen molar-refractivity contribution in [2.45, 2.75) is 25.3 Å². The van der Waals surface area contributed by atoms with Crippen molar-refractivity contribution in [3.05, 3.63) is 47.7 Å². The summed E-state index contributed by atoms with van der Waals surface area (Å²) in [4.78, 5) is 22.7. The van der Waals surface area contributed by atoms with Gasteiger partial charge in [-0.3, -0.25) is 0 Å². The van der Waals surface area contributed by atoms with Gasteiger partial charge in [-0.25, -0.2) is 23.7 Å². The van der Waals surface area contributed by atoms with Crippen LogP contribution in [0.2, 0.25) is 0 Å². The molecule has 3 aromatic heterocycles. The largest absolute Gasteiger partial charge is 0.493 e. The number of esters is 1. The Morgan fingerprint density at radius 1 is 1.46 bits per heavy atom. The fraction of sp³-hybridized carbons (Fsp3) is 0.368. The lowest BCUT2D eigenvalue weighted by Gasteiger charge is -2.30. The second kappa shape index (κ2) is 5.88. The maximum atomic E-state index is 13.8. The Hall–Kier alpha value is -3.23. The van der Waals surface area contributed by atoms with Crippen LogP contribution in [0.1, 0.15) is 35.7 Å². The molecular formula is C19H18FN5O3. The van der Waals surface area contributed by atoms with Gasteiger partial charge in [0.25, 0.3) is 0 Å². The van der Waals surface area contributed by atoms with Gasteiger partial charge in [-0.05, 0) is 37.8 Å². The predicted octanol–water partition coefficient (Wildman–Crippen LogP) is 2.27. The molecule has 1 aliphatic heterocycles. The zero-order chi connectivity index (χ0) is 19.5. The molecule has 0 bridgehead atoms. The SMILES string of the molecule is CCOC(=O)c1cnn2ccc(N3CCC4CC43c3cc(F)cnc3O)nc12. The van der Waals surface area contributed by atoms with Gasteiger partial charge in [0.2, 0.25) is 5.88 Å². The summed E-state index contributed by atoms with van der Waals surface area (Å²) < 4.78 is 20.4. The number of hydrogen-bond donors (Lipinski definition) is 1. The van der Waals surface area contributed by atoms with E-state index in [1.807, 2.05) is 0 Å². The number of hydrogen-bond acceptors (Lipinski definition) is 7. The van der Waals surface area contributed by atoms with Crippen molar-refractivity contribution in [3.63, 3.8) is 0 Å². The fourth-order valence-electron chi connectivity index (χ4n) is 4.38. The zero-order valence-corrected chi connectivity index (χ0v) is 15.2. The number of aromatic nitrogens is 4. The van der Waals surface area contributed by atoms with E-state index in [-0.39, 0.29) is 12.5 Å². The maximum Gasteiger partial charge on any atom is 0.343 e. The highest BCUT2D eigenvalue weighted by Crippen LogP contribution is 2.64. The van der Waals surface area contributed by atoms with Gasteiger partial charge in [-0.1, -0.05) is 0 Å². The summed E-state index contributed by atoms with van der Waals surface area (Å²) >= 11 is 0. The molecule has 5 rings (SSSR count). The minimum Gasteiger partial charge on any atom is -0.493 e. The minimum absolute atomic E-state index is 0.159. The fourth-order valence-corrected chi connectivity index (χ4v) is 4.38. The quantitative estimate of drug-likeness (QED) is 0.691. The van der Waals surface area contributed by atoms with Crippen LogP contribution >= 0.6 is 0 Å². The number of carbonyl (C=O) groups is 1. The first kappa shape index (κ1) is 16.9. The number of fused-ring (bicyclic) bond motifs is 2.